The topological polar surface area (TPSA) is 55.1 Å². The molecule has 0 aliphatic carbocycles. The lowest BCUT2D eigenvalue weighted by Crippen LogP contribution is -2.27. The van der Waals surface area contributed by atoms with Crippen molar-refractivity contribution in [2.24, 2.45) is 0 Å². The van der Waals surface area contributed by atoms with Crippen molar-refractivity contribution in [1.82, 2.24) is 5.32 Å². The number of anilines is 1. The van der Waals surface area contributed by atoms with E-state index in [0.717, 1.165) is 16.7 Å². The van der Waals surface area contributed by atoms with Crippen molar-refractivity contribution in [3.05, 3.63) is 64.7 Å². The predicted molar refractivity (Wildman–Crippen MR) is 82.7 cm³/mol. The molecule has 2 aromatic rings. The average molecular weight is 268 g/mol. The summed E-state index contributed by atoms with van der Waals surface area (Å²) in [5.41, 5.74) is 10.4. The third kappa shape index (κ3) is 3.18. The summed E-state index contributed by atoms with van der Waals surface area (Å²) in [5.74, 6) is -0.0763. The lowest BCUT2D eigenvalue weighted by Gasteiger charge is -2.16. The zero-order valence-corrected chi connectivity index (χ0v) is 12.1. The van der Waals surface area contributed by atoms with Crippen LogP contribution in [0.4, 0.5) is 5.69 Å². The number of carbonyl (C=O) groups is 1. The molecule has 0 heterocycles. The quantitative estimate of drug-likeness (QED) is 0.838. The Hall–Kier alpha value is -2.29. The first kappa shape index (κ1) is 14.1. The van der Waals surface area contributed by atoms with Gasteiger partial charge in [0.15, 0.2) is 0 Å². The third-order valence-corrected chi connectivity index (χ3v) is 3.29. The van der Waals surface area contributed by atoms with E-state index in [1.54, 1.807) is 0 Å². The number of nitrogens with two attached hydrogens (primary N) is 1. The van der Waals surface area contributed by atoms with Crippen LogP contribution in [-0.4, -0.2) is 5.91 Å². The molecule has 3 heteroatoms. The van der Waals surface area contributed by atoms with E-state index in [-0.39, 0.29) is 11.9 Å². The molecule has 1 atom stereocenters. The normalized spacial score (nSPS) is 11.9. The Balaban J connectivity index is 2.17. The number of para-hydroxylation sites is 1. The Morgan fingerprint density at radius 2 is 1.70 bits per heavy atom. The van der Waals surface area contributed by atoms with Crippen molar-refractivity contribution in [3.8, 4) is 0 Å². The molecule has 0 saturated carbocycles. The summed E-state index contributed by atoms with van der Waals surface area (Å²) in [6.45, 7) is 5.91. The number of nitrogens with one attached hydrogen (secondary N) is 1. The summed E-state index contributed by atoms with van der Waals surface area (Å²) >= 11 is 0. The van der Waals surface area contributed by atoms with E-state index in [1.165, 1.54) is 0 Å². The van der Waals surface area contributed by atoms with Gasteiger partial charge in [0.2, 0.25) is 0 Å². The fourth-order valence-electron chi connectivity index (χ4n) is 2.37. The number of hydrogen-bond acceptors (Lipinski definition) is 2. The van der Waals surface area contributed by atoms with Gasteiger partial charge in [0.1, 0.15) is 0 Å². The van der Waals surface area contributed by atoms with E-state index in [4.69, 9.17) is 5.73 Å². The molecule has 20 heavy (non-hydrogen) atoms. The summed E-state index contributed by atoms with van der Waals surface area (Å²) in [5, 5.41) is 2.99. The van der Waals surface area contributed by atoms with Gasteiger partial charge in [0.05, 0.1) is 6.04 Å². The fraction of sp³-hybridized carbons (Fsp3) is 0.235. The molecule has 3 N–H and O–H groups in total. The average Bonchev–Trinajstić information content (AvgIpc) is 2.37. The molecule has 2 rings (SSSR count). The number of nitrogen functional groups attached to an aromatic ring is 1. The molecule has 2 aromatic carbocycles. The SMILES string of the molecule is Cc1cc(C)cc(C(=O)NC(C)c2ccccc2N)c1. The molecule has 0 radical (unpaired) electrons. The van der Waals surface area contributed by atoms with Gasteiger partial charge < -0.3 is 11.1 Å². The Morgan fingerprint density at radius 1 is 1.10 bits per heavy atom. The van der Waals surface area contributed by atoms with E-state index in [1.807, 2.05) is 57.2 Å². The Bertz CT molecular complexity index is 614. The van der Waals surface area contributed by atoms with Gasteiger partial charge in [0.25, 0.3) is 5.91 Å². The molecule has 0 bridgehead atoms. The van der Waals surface area contributed by atoms with Gasteiger partial charge in [-0.3, -0.25) is 4.79 Å². The van der Waals surface area contributed by atoms with Crippen molar-refractivity contribution < 1.29 is 4.79 Å². The van der Waals surface area contributed by atoms with Crippen molar-refractivity contribution >= 4 is 11.6 Å². The van der Waals surface area contributed by atoms with Gasteiger partial charge >= 0.3 is 0 Å². The van der Waals surface area contributed by atoms with Crippen LogP contribution in [0.5, 0.6) is 0 Å². The first-order valence-electron chi connectivity index (χ1n) is 6.71. The van der Waals surface area contributed by atoms with Gasteiger partial charge in [-0.2, -0.15) is 0 Å². The maximum Gasteiger partial charge on any atom is 0.251 e. The van der Waals surface area contributed by atoms with Crippen molar-refractivity contribution in [3.63, 3.8) is 0 Å². The van der Waals surface area contributed by atoms with Gasteiger partial charge in [-0.15, -0.1) is 0 Å². The van der Waals surface area contributed by atoms with E-state index in [9.17, 15) is 4.79 Å². The Labute approximate surface area is 119 Å². The van der Waals surface area contributed by atoms with E-state index in [0.29, 0.717) is 11.3 Å². The molecule has 0 aromatic heterocycles. The zero-order chi connectivity index (χ0) is 14.7. The molecule has 0 aliphatic rings. The van der Waals surface area contributed by atoms with Gasteiger partial charge in [-0.05, 0) is 44.5 Å². The molecular weight excluding hydrogens is 248 g/mol. The molecule has 0 spiro atoms. The number of benzene rings is 2. The van der Waals surface area contributed by atoms with E-state index in [2.05, 4.69) is 11.4 Å². The smallest absolute Gasteiger partial charge is 0.251 e. The summed E-state index contributed by atoms with van der Waals surface area (Å²) in [4.78, 5) is 12.3. The van der Waals surface area contributed by atoms with Crippen molar-refractivity contribution in [2.75, 3.05) is 5.73 Å². The predicted octanol–water partition coefficient (Wildman–Crippen LogP) is 3.38. The molecule has 104 valence electrons. The number of hydrogen-bond donors (Lipinski definition) is 2. The van der Waals surface area contributed by atoms with Crippen LogP contribution in [-0.2, 0) is 0 Å². The van der Waals surface area contributed by atoms with Crippen LogP contribution in [0.25, 0.3) is 0 Å². The van der Waals surface area contributed by atoms with Crippen LogP contribution >= 0.6 is 0 Å². The van der Waals surface area contributed by atoms with E-state index >= 15 is 0 Å². The minimum Gasteiger partial charge on any atom is -0.398 e. The first-order chi connectivity index (χ1) is 9.47. The maximum absolute atomic E-state index is 12.3. The molecular formula is C17H20N2O. The molecule has 0 aliphatic heterocycles. The Morgan fingerprint density at radius 3 is 2.30 bits per heavy atom. The minimum absolute atomic E-state index is 0.0763. The van der Waals surface area contributed by atoms with Gasteiger partial charge in [0, 0.05) is 11.3 Å². The molecule has 3 nitrogen and oxygen atoms in total. The highest BCUT2D eigenvalue weighted by Crippen LogP contribution is 2.20. The summed E-state index contributed by atoms with van der Waals surface area (Å²) < 4.78 is 0. The van der Waals surface area contributed by atoms with Crippen LogP contribution in [0.15, 0.2) is 42.5 Å². The summed E-state index contributed by atoms with van der Waals surface area (Å²) in [7, 11) is 0. The number of amides is 1. The zero-order valence-electron chi connectivity index (χ0n) is 12.1. The highest BCUT2D eigenvalue weighted by atomic mass is 16.1. The minimum atomic E-state index is -0.121. The lowest BCUT2D eigenvalue weighted by atomic mass is 10.0. The van der Waals surface area contributed by atoms with Crippen molar-refractivity contribution in [2.45, 2.75) is 26.8 Å². The first-order valence-corrected chi connectivity index (χ1v) is 6.71. The molecule has 0 saturated heterocycles. The highest BCUT2D eigenvalue weighted by Gasteiger charge is 2.13. The van der Waals surface area contributed by atoms with Crippen LogP contribution in [0, 0.1) is 13.8 Å². The highest BCUT2D eigenvalue weighted by molar-refractivity contribution is 5.94. The van der Waals surface area contributed by atoms with Crippen LogP contribution in [0.2, 0.25) is 0 Å². The summed E-state index contributed by atoms with van der Waals surface area (Å²) in [6.07, 6.45) is 0. The second-order valence-electron chi connectivity index (χ2n) is 5.20. The largest absolute Gasteiger partial charge is 0.398 e. The van der Waals surface area contributed by atoms with E-state index < -0.39 is 0 Å². The van der Waals surface area contributed by atoms with Gasteiger partial charge in [-0.25, -0.2) is 0 Å². The molecule has 1 unspecified atom stereocenters. The molecule has 1 amide bonds. The number of carbonyl (C=O) groups excluding carboxylic acids is 1. The number of aryl methyl sites for hydroxylation is 2. The monoisotopic (exact) mass is 268 g/mol. The number of rotatable bonds is 3. The van der Waals surface area contributed by atoms with Crippen LogP contribution in [0.3, 0.4) is 0 Å². The lowest BCUT2D eigenvalue weighted by molar-refractivity contribution is 0.0940. The fourth-order valence-corrected chi connectivity index (χ4v) is 2.37. The maximum atomic E-state index is 12.3. The van der Waals surface area contributed by atoms with Gasteiger partial charge in [-0.1, -0.05) is 35.4 Å². The molecule has 0 fully saturated rings. The van der Waals surface area contributed by atoms with Crippen LogP contribution < -0.4 is 11.1 Å². The Kier molecular flexibility index (Phi) is 4.08. The second-order valence-corrected chi connectivity index (χ2v) is 5.20. The summed E-state index contributed by atoms with van der Waals surface area (Å²) in [6, 6.07) is 13.3. The third-order valence-electron chi connectivity index (χ3n) is 3.29. The second kappa shape index (κ2) is 5.78. The standard InChI is InChI=1S/C17H20N2O/c1-11-8-12(2)10-14(9-11)17(20)19-13(3)15-6-4-5-7-16(15)18/h4-10,13H,18H2,1-3H3,(H,19,20). The van der Waals surface area contributed by atoms with Crippen LogP contribution in [0.1, 0.15) is 40.0 Å². The van der Waals surface area contributed by atoms with Crippen molar-refractivity contribution in [1.29, 1.82) is 0 Å².